The van der Waals surface area contributed by atoms with E-state index in [1.165, 1.54) is 32.4 Å². The average Bonchev–Trinajstić information content (AvgIpc) is 2.97. The number of pyridine rings is 1. The second-order valence-electron chi connectivity index (χ2n) is 6.10. The van der Waals surface area contributed by atoms with Crippen molar-refractivity contribution >= 4 is 17.5 Å². The molecule has 0 aliphatic carbocycles. The summed E-state index contributed by atoms with van der Waals surface area (Å²) in [6, 6.07) is 2.28. The van der Waals surface area contributed by atoms with E-state index in [9.17, 15) is 4.79 Å². The number of hydrogen-bond acceptors (Lipinski definition) is 3. The second kappa shape index (κ2) is 6.32. The summed E-state index contributed by atoms with van der Waals surface area (Å²) in [7, 11) is 0. The van der Waals surface area contributed by atoms with Gasteiger partial charge in [-0.2, -0.15) is 0 Å². The zero-order valence-corrected chi connectivity index (χ0v) is 13.3. The van der Waals surface area contributed by atoms with E-state index in [1.54, 1.807) is 12.3 Å². The molecule has 21 heavy (non-hydrogen) atoms. The van der Waals surface area contributed by atoms with E-state index in [4.69, 9.17) is 11.6 Å². The van der Waals surface area contributed by atoms with Crippen LogP contribution < -0.4 is 0 Å². The van der Waals surface area contributed by atoms with Gasteiger partial charge in [0.25, 0.3) is 5.91 Å². The van der Waals surface area contributed by atoms with Crippen molar-refractivity contribution in [2.24, 2.45) is 0 Å². The van der Waals surface area contributed by atoms with Crippen LogP contribution in [0.5, 0.6) is 0 Å². The molecule has 0 N–H and O–H groups in total. The topological polar surface area (TPSA) is 36.4 Å². The fourth-order valence-corrected chi connectivity index (χ4v) is 3.65. The van der Waals surface area contributed by atoms with Crippen LogP contribution in [0.15, 0.2) is 12.3 Å². The Morgan fingerprint density at radius 2 is 2.05 bits per heavy atom. The van der Waals surface area contributed by atoms with E-state index in [-0.39, 0.29) is 5.91 Å². The molecule has 4 nitrogen and oxygen atoms in total. The van der Waals surface area contributed by atoms with Crippen LogP contribution in [0.3, 0.4) is 0 Å². The first kappa shape index (κ1) is 14.8. The highest BCUT2D eigenvalue weighted by Gasteiger charge is 2.32. The van der Waals surface area contributed by atoms with Gasteiger partial charge < -0.3 is 4.90 Å². The molecule has 5 heteroatoms. The number of likely N-dealkylation sites (tertiary alicyclic amines) is 2. The van der Waals surface area contributed by atoms with Crippen LogP contribution >= 0.6 is 11.6 Å². The van der Waals surface area contributed by atoms with Gasteiger partial charge in [-0.3, -0.25) is 14.7 Å². The van der Waals surface area contributed by atoms with E-state index in [0.29, 0.717) is 16.6 Å². The molecule has 1 aromatic heterocycles. The molecule has 0 bridgehead atoms. The van der Waals surface area contributed by atoms with Crippen molar-refractivity contribution in [1.82, 2.24) is 14.8 Å². The molecule has 0 saturated carbocycles. The summed E-state index contributed by atoms with van der Waals surface area (Å²) in [4.78, 5) is 21.3. The first-order valence-corrected chi connectivity index (χ1v) is 8.18. The summed E-state index contributed by atoms with van der Waals surface area (Å²) in [6.07, 6.45) is 6.60. The maximum atomic E-state index is 12.6. The lowest BCUT2D eigenvalue weighted by Gasteiger charge is -2.32. The molecule has 114 valence electrons. The van der Waals surface area contributed by atoms with E-state index < -0.39 is 0 Å². The van der Waals surface area contributed by atoms with E-state index >= 15 is 0 Å². The Bertz CT molecular complexity index is 528. The highest BCUT2D eigenvalue weighted by atomic mass is 35.5. The number of nitrogens with zero attached hydrogens (tertiary/aromatic N) is 3. The van der Waals surface area contributed by atoms with E-state index in [2.05, 4.69) is 9.88 Å². The highest BCUT2D eigenvalue weighted by molar-refractivity contribution is 6.33. The Balaban J connectivity index is 1.66. The maximum Gasteiger partial charge on any atom is 0.256 e. The Morgan fingerprint density at radius 3 is 2.76 bits per heavy atom. The Labute approximate surface area is 131 Å². The number of aryl methyl sites for hydroxylation is 1. The Morgan fingerprint density at radius 1 is 1.29 bits per heavy atom. The van der Waals surface area contributed by atoms with Crippen LogP contribution in [0.25, 0.3) is 0 Å². The van der Waals surface area contributed by atoms with Gasteiger partial charge >= 0.3 is 0 Å². The molecule has 0 spiro atoms. The molecule has 2 fully saturated rings. The summed E-state index contributed by atoms with van der Waals surface area (Å²) < 4.78 is 0. The average molecular weight is 308 g/mol. The third-order valence-electron chi connectivity index (χ3n) is 4.58. The molecule has 1 atom stereocenters. The molecule has 3 heterocycles. The third kappa shape index (κ3) is 3.22. The van der Waals surface area contributed by atoms with Crippen molar-refractivity contribution < 1.29 is 4.79 Å². The molecule has 2 aliphatic heterocycles. The maximum absolute atomic E-state index is 12.6. The second-order valence-corrected chi connectivity index (χ2v) is 6.50. The molecular formula is C16H22ClN3O. The fraction of sp³-hybridized carbons (Fsp3) is 0.625. The predicted molar refractivity (Wildman–Crippen MR) is 83.7 cm³/mol. The molecule has 2 aliphatic rings. The first-order valence-electron chi connectivity index (χ1n) is 7.80. The van der Waals surface area contributed by atoms with Gasteiger partial charge in [0.1, 0.15) is 0 Å². The smallest absolute Gasteiger partial charge is 0.256 e. The standard InChI is InChI=1S/C16H22ClN3O/c1-12-9-15(17)14(10-18-12)16(21)20-8-5-13(11-20)19-6-3-2-4-7-19/h9-10,13H,2-8,11H2,1H3. The van der Waals surface area contributed by atoms with Gasteiger partial charge in [0.15, 0.2) is 0 Å². The van der Waals surface area contributed by atoms with Gasteiger partial charge in [-0.15, -0.1) is 0 Å². The van der Waals surface area contributed by atoms with Gasteiger partial charge in [-0.05, 0) is 45.3 Å². The van der Waals surface area contributed by atoms with Crippen LogP contribution in [0.4, 0.5) is 0 Å². The summed E-state index contributed by atoms with van der Waals surface area (Å²) in [5.41, 5.74) is 1.37. The van der Waals surface area contributed by atoms with Gasteiger partial charge in [0.05, 0.1) is 10.6 Å². The summed E-state index contributed by atoms with van der Waals surface area (Å²) in [5, 5.41) is 0.508. The largest absolute Gasteiger partial charge is 0.337 e. The quantitative estimate of drug-likeness (QED) is 0.843. The summed E-state index contributed by atoms with van der Waals surface area (Å²) >= 11 is 6.19. The van der Waals surface area contributed by atoms with Crippen LogP contribution in [0.2, 0.25) is 5.02 Å². The molecule has 2 saturated heterocycles. The van der Waals surface area contributed by atoms with Gasteiger partial charge in [0.2, 0.25) is 0 Å². The molecule has 1 amide bonds. The summed E-state index contributed by atoms with van der Waals surface area (Å²) in [5.74, 6) is 0.0204. The number of carbonyl (C=O) groups is 1. The van der Waals surface area contributed by atoms with Crippen molar-refractivity contribution in [2.75, 3.05) is 26.2 Å². The number of aromatic nitrogens is 1. The van der Waals surface area contributed by atoms with Gasteiger partial charge in [-0.25, -0.2) is 0 Å². The SMILES string of the molecule is Cc1cc(Cl)c(C(=O)N2CCC(N3CCCCC3)C2)cn1. The third-order valence-corrected chi connectivity index (χ3v) is 4.89. The van der Waals surface area contributed by atoms with Crippen molar-refractivity contribution in [1.29, 1.82) is 0 Å². The number of halogens is 1. The van der Waals surface area contributed by atoms with Crippen LogP contribution in [-0.4, -0.2) is 52.9 Å². The molecule has 0 radical (unpaired) electrons. The minimum Gasteiger partial charge on any atom is -0.337 e. The predicted octanol–water partition coefficient (Wildman–Crippen LogP) is 2.74. The van der Waals surface area contributed by atoms with Gasteiger partial charge in [-0.1, -0.05) is 18.0 Å². The molecule has 3 rings (SSSR count). The van der Waals surface area contributed by atoms with Crippen molar-refractivity contribution in [3.8, 4) is 0 Å². The molecule has 0 aromatic carbocycles. The number of amides is 1. The van der Waals surface area contributed by atoms with Crippen LogP contribution in [0, 0.1) is 6.92 Å². The number of hydrogen-bond donors (Lipinski definition) is 0. The van der Waals surface area contributed by atoms with Crippen molar-refractivity contribution in [2.45, 2.75) is 38.6 Å². The highest BCUT2D eigenvalue weighted by Crippen LogP contribution is 2.24. The number of carbonyl (C=O) groups excluding carboxylic acids is 1. The lowest BCUT2D eigenvalue weighted by molar-refractivity contribution is 0.0771. The monoisotopic (exact) mass is 307 g/mol. The Kier molecular flexibility index (Phi) is 4.45. The molecule has 1 aromatic rings. The number of rotatable bonds is 2. The van der Waals surface area contributed by atoms with Crippen LogP contribution in [0.1, 0.15) is 41.7 Å². The lowest BCUT2D eigenvalue weighted by Crippen LogP contribution is -2.41. The van der Waals surface area contributed by atoms with Gasteiger partial charge in [0, 0.05) is 31.0 Å². The summed E-state index contributed by atoms with van der Waals surface area (Å²) in [6.45, 7) is 5.88. The zero-order valence-electron chi connectivity index (χ0n) is 12.5. The van der Waals surface area contributed by atoms with Crippen LogP contribution in [-0.2, 0) is 0 Å². The molecular weight excluding hydrogens is 286 g/mol. The van der Waals surface area contributed by atoms with Crippen molar-refractivity contribution in [3.63, 3.8) is 0 Å². The minimum absolute atomic E-state index is 0.0204. The Hall–Kier alpha value is -1.13. The molecule has 1 unspecified atom stereocenters. The normalized spacial score (nSPS) is 23.5. The zero-order chi connectivity index (χ0) is 14.8. The number of piperidine rings is 1. The van der Waals surface area contributed by atoms with E-state index in [1.807, 2.05) is 11.8 Å². The lowest BCUT2D eigenvalue weighted by atomic mass is 10.1. The van der Waals surface area contributed by atoms with Crippen molar-refractivity contribution in [3.05, 3.63) is 28.5 Å². The minimum atomic E-state index is 0.0204. The van der Waals surface area contributed by atoms with E-state index in [0.717, 1.165) is 25.2 Å². The first-order chi connectivity index (χ1) is 10.1. The fourth-order valence-electron chi connectivity index (χ4n) is 3.36.